The topological polar surface area (TPSA) is 88.5 Å². The predicted octanol–water partition coefficient (Wildman–Crippen LogP) is 2.78. The van der Waals surface area contributed by atoms with Gasteiger partial charge in [-0.3, -0.25) is 4.79 Å². The number of carbonyl (C=O) groups is 1. The molecular weight excluding hydrogens is 328 g/mol. The number of aromatic amines is 1. The Morgan fingerprint density at radius 2 is 1.81 bits per heavy atom. The van der Waals surface area contributed by atoms with Crippen molar-refractivity contribution in [3.8, 4) is 0 Å². The number of aromatic nitrogens is 5. The molecule has 2 N–H and O–H groups in total. The van der Waals surface area contributed by atoms with Crippen LogP contribution in [-0.4, -0.2) is 31.0 Å². The van der Waals surface area contributed by atoms with E-state index in [1.807, 2.05) is 54.7 Å². The van der Waals surface area contributed by atoms with Gasteiger partial charge in [0.05, 0.1) is 11.3 Å². The van der Waals surface area contributed by atoms with Crippen LogP contribution in [0.25, 0.3) is 16.6 Å². The van der Waals surface area contributed by atoms with Crippen LogP contribution in [0.5, 0.6) is 0 Å². The molecule has 0 bridgehead atoms. The molecule has 4 aromatic rings. The number of H-pyrrole nitrogens is 1. The number of allylic oxidation sites excluding steroid dienone is 1. The van der Waals surface area contributed by atoms with E-state index in [1.54, 1.807) is 4.68 Å². The largest absolute Gasteiger partial charge is 0.361 e. The number of anilines is 1. The Morgan fingerprint density at radius 3 is 2.73 bits per heavy atom. The quantitative estimate of drug-likeness (QED) is 0.556. The Bertz CT molecular complexity index is 1250. The minimum absolute atomic E-state index is 0.0135. The molecule has 2 aliphatic rings. The summed E-state index contributed by atoms with van der Waals surface area (Å²) in [5.41, 5.74) is 5.06. The molecule has 0 saturated carbocycles. The zero-order valence-corrected chi connectivity index (χ0v) is 13.5. The second-order valence-corrected chi connectivity index (χ2v) is 6.43. The monoisotopic (exact) mass is 340 g/mol. The molecule has 0 amide bonds. The lowest BCUT2D eigenvalue weighted by atomic mass is 9.94. The fourth-order valence-electron chi connectivity index (χ4n) is 3.99. The van der Waals surface area contributed by atoms with Crippen LogP contribution < -0.4 is 5.32 Å². The summed E-state index contributed by atoms with van der Waals surface area (Å²) < 4.78 is 1.68. The van der Waals surface area contributed by atoms with E-state index in [-0.39, 0.29) is 11.8 Å². The summed E-state index contributed by atoms with van der Waals surface area (Å²) in [5.74, 6) is 0.545. The number of Topliss-reactive ketones (excluding diaryl/α,β-unsaturated/α-hetero) is 1. The maximum Gasteiger partial charge on any atom is 0.248 e. The van der Waals surface area contributed by atoms with Crippen molar-refractivity contribution in [3.63, 3.8) is 0 Å². The van der Waals surface area contributed by atoms with Crippen LogP contribution in [0.3, 0.4) is 0 Å². The van der Waals surface area contributed by atoms with E-state index in [4.69, 9.17) is 0 Å². The van der Waals surface area contributed by atoms with Gasteiger partial charge in [0.1, 0.15) is 6.04 Å². The maximum absolute atomic E-state index is 13.2. The van der Waals surface area contributed by atoms with Gasteiger partial charge < -0.3 is 10.3 Å². The van der Waals surface area contributed by atoms with Crippen LogP contribution in [0.2, 0.25) is 0 Å². The summed E-state index contributed by atoms with van der Waals surface area (Å²) in [6.45, 7) is 0. The van der Waals surface area contributed by atoms with Gasteiger partial charge in [-0.2, -0.15) is 4.68 Å². The number of carbonyl (C=O) groups excluding carboxylic acids is 1. The molecule has 1 unspecified atom stereocenters. The second kappa shape index (κ2) is 4.66. The van der Waals surface area contributed by atoms with E-state index >= 15 is 0 Å². The Morgan fingerprint density at radius 1 is 1.00 bits per heavy atom. The summed E-state index contributed by atoms with van der Waals surface area (Å²) in [4.78, 5) is 16.5. The zero-order valence-electron chi connectivity index (χ0n) is 13.5. The van der Waals surface area contributed by atoms with Crippen molar-refractivity contribution in [2.45, 2.75) is 6.04 Å². The molecule has 1 aliphatic heterocycles. The minimum Gasteiger partial charge on any atom is -0.361 e. The van der Waals surface area contributed by atoms with Crippen molar-refractivity contribution in [1.82, 2.24) is 25.2 Å². The average molecular weight is 340 g/mol. The zero-order chi connectivity index (χ0) is 17.3. The molecule has 3 heterocycles. The molecule has 0 fully saturated rings. The highest BCUT2D eigenvalue weighted by Gasteiger charge is 2.42. The first-order valence-corrected chi connectivity index (χ1v) is 8.32. The number of tetrazole rings is 1. The Hall–Kier alpha value is -3.74. The van der Waals surface area contributed by atoms with Crippen molar-refractivity contribution in [1.29, 1.82) is 0 Å². The minimum atomic E-state index is -0.382. The Kier molecular flexibility index (Phi) is 2.43. The van der Waals surface area contributed by atoms with Gasteiger partial charge in [-0.15, -0.1) is 0 Å². The highest BCUT2D eigenvalue weighted by Crippen LogP contribution is 2.45. The molecule has 7 heteroatoms. The number of nitrogens with one attached hydrogen (secondary N) is 2. The number of ketones is 1. The van der Waals surface area contributed by atoms with E-state index in [0.717, 1.165) is 27.7 Å². The summed E-state index contributed by atoms with van der Waals surface area (Å²) in [6.07, 6.45) is 1.94. The van der Waals surface area contributed by atoms with E-state index in [1.165, 1.54) is 0 Å². The summed E-state index contributed by atoms with van der Waals surface area (Å²) in [7, 11) is 0. The maximum atomic E-state index is 13.2. The van der Waals surface area contributed by atoms with Crippen molar-refractivity contribution in [2.24, 2.45) is 0 Å². The van der Waals surface area contributed by atoms with Gasteiger partial charge in [0.2, 0.25) is 5.95 Å². The fourth-order valence-corrected chi connectivity index (χ4v) is 3.99. The van der Waals surface area contributed by atoms with Gasteiger partial charge in [0.25, 0.3) is 0 Å². The van der Waals surface area contributed by atoms with Crippen LogP contribution in [0.15, 0.2) is 60.3 Å². The predicted molar refractivity (Wildman–Crippen MR) is 95.6 cm³/mol. The van der Waals surface area contributed by atoms with Crippen LogP contribution >= 0.6 is 0 Å². The van der Waals surface area contributed by atoms with Crippen molar-refractivity contribution in [2.75, 3.05) is 5.32 Å². The van der Waals surface area contributed by atoms with Crippen molar-refractivity contribution in [3.05, 3.63) is 77.0 Å². The molecule has 1 aliphatic carbocycles. The van der Waals surface area contributed by atoms with Crippen molar-refractivity contribution >= 4 is 28.3 Å². The number of fused-ring (bicyclic) bond motifs is 4. The lowest BCUT2D eigenvalue weighted by molar-refractivity contribution is 0.102. The summed E-state index contributed by atoms with van der Waals surface area (Å²) >= 11 is 0. The van der Waals surface area contributed by atoms with Crippen LogP contribution in [0.1, 0.15) is 27.5 Å². The normalized spacial score (nSPS) is 17.8. The number of rotatable bonds is 1. The standard InChI is InChI=1S/C19H12N6O/c26-18-12-7-2-1-6-11(12)16-15(18)17(25-19(21-16)22-23-24-25)13-9-20-14-8-4-3-5-10(13)14/h1-9,17,20H,(H,21,22,24). The average Bonchev–Trinajstić information content (AvgIpc) is 3.38. The molecule has 0 spiro atoms. The molecule has 124 valence electrons. The third-order valence-electron chi connectivity index (χ3n) is 5.12. The molecule has 1 atom stereocenters. The SMILES string of the molecule is O=C1C2=C(Nc3nnnn3C2c2c[nH]c3ccccc23)c2ccccc21. The summed E-state index contributed by atoms with van der Waals surface area (Å²) in [6, 6.07) is 15.3. The lowest BCUT2D eigenvalue weighted by Gasteiger charge is -2.25. The van der Waals surface area contributed by atoms with E-state index in [2.05, 4.69) is 25.8 Å². The molecule has 2 aromatic carbocycles. The number of para-hydroxylation sites is 1. The summed E-state index contributed by atoms with van der Waals surface area (Å²) in [5, 5.41) is 16.3. The third-order valence-corrected chi connectivity index (χ3v) is 5.12. The highest BCUT2D eigenvalue weighted by molar-refractivity contribution is 6.23. The Balaban J connectivity index is 1.66. The number of nitrogens with zero attached hydrogens (tertiary/aromatic N) is 4. The number of hydrogen-bond donors (Lipinski definition) is 2. The molecule has 6 rings (SSSR count). The first kappa shape index (κ1) is 13.5. The van der Waals surface area contributed by atoms with E-state index in [0.29, 0.717) is 17.1 Å². The van der Waals surface area contributed by atoms with Crippen LogP contribution in [-0.2, 0) is 0 Å². The van der Waals surface area contributed by atoms with Gasteiger partial charge in [0.15, 0.2) is 5.78 Å². The van der Waals surface area contributed by atoms with E-state index in [9.17, 15) is 4.79 Å². The van der Waals surface area contributed by atoms with Gasteiger partial charge >= 0.3 is 0 Å². The second-order valence-electron chi connectivity index (χ2n) is 6.43. The molecule has 0 saturated heterocycles. The molecule has 26 heavy (non-hydrogen) atoms. The van der Waals surface area contributed by atoms with Crippen molar-refractivity contribution < 1.29 is 4.79 Å². The molecule has 7 nitrogen and oxygen atoms in total. The van der Waals surface area contributed by atoms with E-state index < -0.39 is 0 Å². The van der Waals surface area contributed by atoms with Crippen LogP contribution in [0, 0.1) is 0 Å². The van der Waals surface area contributed by atoms with Gasteiger partial charge in [0, 0.05) is 33.8 Å². The number of benzene rings is 2. The fraction of sp³-hybridized carbons (Fsp3) is 0.0526. The molecular formula is C19H12N6O. The first-order valence-electron chi connectivity index (χ1n) is 8.32. The van der Waals surface area contributed by atoms with Gasteiger partial charge in [-0.1, -0.05) is 47.6 Å². The highest BCUT2D eigenvalue weighted by atomic mass is 16.1. The first-order chi connectivity index (χ1) is 12.8. The number of hydrogen-bond acceptors (Lipinski definition) is 5. The molecule has 2 aromatic heterocycles. The van der Waals surface area contributed by atoms with Gasteiger partial charge in [-0.05, 0) is 16.5 Å². The Labute approximate surface area is 147 Å². The lowest BCUT2D eigenvalue weighted by Crippen LogP contribution is -2.25. The van der Waals surface area contributed by atoms with Crippen LogP contribution in [0.4, 0.5) is 5.95 Å². The van der Waals surface area contributed by atoms with Gasteiger partial charge in [-0.25, -0.2) is 0 Å². The molecule has 0 radical (unpaired) electrons. The third kappa shape index (κ3) is 1.57. The smallest absolute Gasteiger partial charge is 0.248 e.